The number of esters is 1. The predicted octanol–water partition coefficient (Wildman–Crippen LogP) is 1.63. The van der Waals surface area contributed by atoms with Crippen LogP contribution in [0.5, 0.6) is 0 Å². The number of hydrogen-bond acceptors (Lipinski definition) is 4. The molecule has 0 fully saturated rings. The molecule has 1 aromatic carbocycles. The van der Waals surface area contributed by atoms with E-state index >= 15 is 0 Å². The first-order chi connectivity index (χ1) is 8.77. The zero-order valence-corrected chi connectivity index (χ0v) is 10.2. The average molecular weight is 242 g/mol. The van der Waals surface area contributed by atoms with Crippen LogP contribution in [0.15, 0.2) is 29.8 Å². The Morgan fingerprint density at radius 3 is 3.00 bits per heavy atom. The van der Waals surface area contributed by atoms with E-state index in [9.17, 15) is 4.79 Å². The first-order valence-electron chi connectivity index (χ1n) is 5.91. The molecule has 18 heavy (non-hydrogen) atoms. The van der Waals surface area contributed by atoms with Crippen molar-refractivity contribution < 1.29 is 9.53 Å². The molecule has 0 radical (unpaired) electrons. The lowest BCUT2D eigenvalue weighted by atomic mass is 9.95. The fourth-order valence-electron chi connectivity index (χ4n) is 2.03. The fourth-order valence-corrected chi connectivity index (χ4v) is 2.03. The maximum absolute atomic E-state index is 11.7. The van der Waals surface area contributed by atoms with Gasteiger partial charge in [0.15, 0.2) is 5.57 Å². The Morgan fingerprint density at radius 2 is 2.28 bits per heavy atom. The number of carbonyl (C=O) groups excluding carboxylic acids is 1. The van der Waals surface area contributed by atoms with E-state index in [0.717, 1.165) is 24.1 Å². The van der Waals surface area contributed by atoms with Gasteiger partial charge in [0.1, 0.15) is 6.07 Å². The van der Waals surface area contributed by atoms with Crippen molar-refractivity contribution in [3.05, 3.63) is 41.0 Å². The lowest BCUT2D eigenvalue weighted by Crippen LogP contribution is -2.26. The Morgan fingerprint density at radius 1 is 1.50 bits per heavy atom. The van der Waals surface area contributed by atoms with Crippen LogP contribution in [0, 0.1) is 11.3 Å². The maximum Gasteiger partial charge on any atom is 0.351 e. The molecule has 1 heterocycles. The fraction of sp³-hybridized carbons (Fsp3) is 0.286. The number of carbonyl (C=O) groups is 1. The topological polar surface area (TPSA) is 62.1 Å². The third-order valence-electron chi connectivity index (χ3n) is 2.82. The zero-order valence-electron chi connectivity index (χ0n) is 10.2. The van der Waals surface area contributed by atoms with Crippen molar-refractivity contribution in [1.29, 1.82) is 5.26 Å². The first-order valence-corrected chi connectivity index (χ1v) is 5.91. The van der Waals surface area contributed by atoms with Gasteiger partial charge in [0.2, 0.25) is 0 Å². The Bertz CT molecular complexity index is 541. The number of nitrogens with one attached hydrogen (secondary N) is 1. The van der Waals surface area contributed by atoms with Crippen LogP contribution in [0.2, 0.25) is 0 Å². The number of ether oxygens (including phenoxy) is 1. The molecule has 1 aliphatic heterocycles. The largest absolute Gasteiger partial charge is 0.462 e. The molecule has 0 bridgehead atoms. The normalized spacial score (nSPS) is 16.0. The summed E-state index contributed by atoms with van der Waals surface area (Å²) in [5.74, 6) is -0.570. The zero-order chi connectivity index (χ0) is 13.0. The van der Waals surface area contributed by atoms with E-state index in [4.69, 9.17) is 10.00 Å². The Balaban J connectivity index is 2.50. The highest BCUT2D eigenvalue weighted by Crippen LogP contribution is 2.24. The van der Waals surface area contributed by atoms with E-state index in [-0.39, 0.29) is 12.2 Å². The minimum absolute atomic E-state index is 0.0454. The number of fused-ring (bicyclic) bond motifs is 1. The molecule has 0 saturated heterocycles. The van der Waals surface area contributed by atoms with E-state index in [1.807, 2.05) is 30.3 Å². The summed E-state index contributed by atoms with van der Waals surface area (Å²) >= 11 is 0. The summed E-state index contributed by atoms with van der Waals surface area (Å²) in [6, 6.07) is 9.71. The quantitative estimate of drug-likeness (QED) is 0.486. The molecule has 92 valence electrons. The molecule has 1 aromatic rings. The maximum atomic E-state index is 11.7. The van der Waals surface area contributed by atoms with Crippen LogP contribution in [0.3, 0.4) is 0 Å². The molecule has 0 atom stereocenters. The molecule has 0 saturated carbocycles. The molecule has 4 nitrogen and oxygen atoms in total. The van der Waals surface area contributed by atoms with Gasteiger partial charge in [0, 0.05) is 12.1 Å². The highest BCUT2D eigenvalue weighted by molar-refractivity contribution is 6.01. The first kappa shape index (κ1) is 12.2. The third-order valence-corrected chi connectivity index (χ3v) is 2.82. The van der Waals surface area contributed by atoms with E-state index < -0.39 is 5.97 Å². The van der Waals surface area contributed by atoms with Gasteiger partial charge in [-0.15, -0.1) is 0 Å². The second-order valence-corrected chi connectivity index (χ2v) is 3.92. The smallest absolute Gasteiger partial charge is 0.351 e. The van der Waals surface area contributed by atoms with Crippen molar-refractivity contribution >= 4 is 11.7 Å². The van der Waals surface area contributed by atoms with Crippen LogP contribution in [-0.2, 0) is 16.0 Å². The lowest BCUT2D eigenvalue weighted by Gasteiger charge is -2.21. The molecule has 0 aliphatic carbocycles. The van der Waals surface area contributed by atoms with Crippen molar-refractivity contribution in [2.24, 2.45) is 0 Å². The molecular weight excluding hydrogens is 228 g/mol. The molecule has 2 rings (SSSR count). The second-order valence-electron chi connectivity index (χ2n) is 3.92. The second kappa shape index (κ2) is 5.37. The summed E-state index contributed by atoms with van der Waals surface area (Å²) in [7, 11) is 0. The molecule has 0 amide bonds. The minimum Gasteiger partial charge on any atom is -0.462 e. The number of nitriles is 1. The highest BCUT2D eigenvalue weighted by atomic mass is 16.5. The molecular formula is C14H14N2O2. The molecule has 1 aliphatic rings. The van der Waals surface area contributed by atoms with Crippen molar-refractivity contribution in [2.75, 3.05) is 13.2 Å². The monoisotopic (exact) mass is 242 g/mol. The highest BCUT2D eigenvalue weighted by Gasteiger charge is 2.22. The van der Waals surface area contributed by atoms with Crippen LogP contribution in [0.4, 0.5) is 0 Å². The lowest BCUT2D eigenvalue weighted by molar-refractivity contribution is -0.137. The summed E-state index contributed by atoms with van der Waals surface area (Å²) < 4.78 is 4.90. The average Bonchev–Trinajstić information content (AvgIpc) is 2.40. The summed E-state index contributed by atoms with van der Waals surface area (Å²) in [6.07, 6.45) is 0.890. The van der Waals surface area contributed by atoms with Crippen LogP contribution < -0.4 is 5.32 Å². The van der Waals surface area contributed by atoms with Gasteiger partial charge in [0.05, 0.1) is 12.3 Å². The van der Waals surface area contributed by atoms with Gasteiger partial charge < -0.3 is 10.1 Å². The SMILES string of the molecule is CCOC(=O)C(C#N)=C1NCCc2ccccc21. The van der Waals surface area contributed by atoms with Gasteiger partial charge in [-0.1, -0.05) is 24.3 Å². The van der Waals surface area contributed by atoms with Crippen LogP contribution in [0.25, 0.3) is 5.70 Å². The van der Waals surface area contributed by atoms with Crippen LogP contribution in [-0.4, -0.2) is 19.1 Å². The Hall–Kier alpha value is -2.28. The number of nitrogens with zero attached hydrogens (tertiary/aromatic N) is 1. The molecule has 1 N–H and O–H groups in total. The van der Waals surface area contributed by atoms with Crippen molar-refractivity contribution in [3.63, 3.8) is 0 Å². The molecule has 0 aromatic heterocycles. The summed E-state index contributed by atoms with van der Waals surface area (Å²) in [5.41, 5.74) is 2.68. The van der Waals surface area contributed by atoms with Gasteiger partial charge >= 0.3 is 5.97 Å². The van der Waals surface area contributed by atoms with Gasteiger partial charge in [-0.2, -0.15) is 5.26 Å². The van der Waals surface area contributed by atoms with Crippen molar-refractivity contribution in [2.45, 2.75) is 13.3 Å². The van der Waals surface area contributed by atoms with E-state index in [1.165, 1.54) is 0 Å². The van der Waals surface area contributed by atoms with Crippen molar-refractivity contribution in [1.82, 2.24) is 5.32 Å². The number of rotatable bonds is 2. The Labute approximate surface area is 106 Å². The summed E-state index contributed by atoms with van der Waals surface area (Å²) in [4.78, 5) is 11.7. The van der Waals surface area contributed by atoms with Gasteiger partial charge in [0.25, 0.3) is 0 Å². The minimum atomic E-state index is -0.570. The standard InChI is InChI=1S/C14H14N2O2/c1-2-18-14(17)12(9-15)13-11-6-4-3-5-10(11)7-8-16-13/h3-6,16H,2,7-8H2,1H3. The molecule has 4 heteroatoms. The molecule has 0 unspecified atom stereocenters. The van der Waals surface area contributed by atoms with Crippen molar-refractivity contribution in [3.8, 4) is 6.07 Å². The van der Waals surface area contributed by atoms with Gasteiger partial charge in [-0.3, -0.25) is 0 Å². The van der Waals surface area contributed by atoms with Gasteiger partial charge in [-0.05, 0) is 18.9 Å². The van der Waals surface area contributed by atoms with Crippen LogP contribution >= 0.6 is 0 Å². The number of hydrogen-bond donors (Lipinski definition) is 1. The summed E-state index contributed by atoms with van der Waals surface area (Å²) in [6.45, 7) is 2.70. The third kappa shape index (κ3) is 2.21. The molecule has 0 spiro atoms. The summed E-state index contributed by atoms with van der Waals surface area (Å²) in [5, 5.41) is 12.3. The van der Waals surface area contributed by atoms with Gasteiger partial charge in [-0.25, -0.2) is 4.79 Å². The van der Waals surface area contributed by atoms with E-state index in [0.29, 0.717) is 5.70 Å². The predicted molar refractivity (Wildman–Crippen MR) is 67.3 cm³/mol. The van der Waals surface area contributed by atoms with Crippen LogP contribution in [0.1, 0.15) is 18.1 Å². The Kier molecular flexibility index (Phi) is 3.63. The van der Waals surface area contributed by atoms with E-state index in [1.54, 1.807) is 6.92 Å². The number of benzene rings is 1. The van der Waals surface area contributed by atoms with E-state index in [2.05, 4.69) is 5.32 Å².